The van der Waals surface area contributed by atoms with Gasteiger partial charge in [0.1, 0.15) is 0 Å². The molecule has 0 bridgehead atoms. The molecular weight excluding hydrogens is 285 g/mol. The van der Waals surface area contributed by atoms with Crippen LogP contribution >= 0.6 is 23.2 Å². The maximum Gasteiger partial charge on any atom is 0.339 e. The third kappa shape index (κ3) is 2.83. The molecule has 0 aliphatic rings. The lowest BCUT2D eigenvalue weighted by Gasteiger charge is -2.08. The van der Waals surface area contributed by atoms with Gasteiger partial charge in [0.2, 0.25) is 0 Å². The summed E-state index contributed by atoms with van der Waals surface area (Å²) in [5.74, 6) is -0.466. The number of halogens is 2. The number of hydrogen-bond donors (Lipinski definition) is 1. The van der Waals surface area contributed by atoms with Crippen LogP contribution in [0.4, 0.5) is 5.69 Å². The second kappa shape index (κ2) is 5.51. The number of ether oxygens (including phenoxy) is 1. The molecule has 0 aliphatic heterocycles. The van der Waals surface area contributed by atoms with Crippen LogP contribution in [-0.2, 0) is 4.74 Å². The van der Waals surface area contributed by atoms with Gasteiger partial charge in [-0.3, -0.25) is 0 Å². The van der Waals surface area contributed by atoms with Crippen LogP contribution in [0.1, 0.15) is 10.4 Å². The van der Waals surface area contributed by atoms with Crippen LogP contribution in [-0.4, -0.2) is 13.1 Å². The summed E-state index contributed by atoms with van der Waals surface area (Å²) in [7, 11) is 1.31. The van der Waals surface area contributed by atoms with Crippen LogP contribution in [0.2, 0.25) is 10.0 Å². The molecule has 3 nitrogen and oxygen atoms in total. The maximum atomic E-state index is 11.4. The molecule has 5 heteroatoms. The van der Waals surface area contributed by atoms with E-state index < -0.39 is 5.97 Å². The normalized spacial score (nSPS) is 10.3. The number of benzene rings is 2. The Morgan fingerprint density at radius 1 is 1.16 bits per heavy atom. The average Bonchev–Trinajstić information content (AvgIpc) is 2.37. The molecule has 0 unspecified atom stereocenters. The third-order valence-corrected chi connectivity index (χ3v) is 3.25. The van der Waals surface area contributed by atoms with E-state index in [-0.39, 0.29) is 0 Å². The number of carbonyl (C=O) groups excluding carboxylic acids is 1. The SMILES string of the molecule is COC(=O)c1ccc(-c2ccc(Cl)cc2Cl)cc1N. The second-order valence-electron chi connectivity index (χ2n) is 3.92. The number of rotatable bonds is 2. The number of carbonyl (C=O) groups is 1. The quantitative estimate of drug-likeness (QED) is 0.672. The van der Waals surface area contributed by atoms with Crippen molar-refractivity contribution >= 4 is 34.9 Å². The number of nitrogen functional groups attached to an aromatic ring is 1. The topological polar surface area (TPSA) is 52.3 Å². The van der Waals surface area contributed by atoms with E-state index in [2.05, 4.69) is 4.74 Å². The number of esters is 1. The zero-order valence-corrected chi connectivity index (χ0v) is 11.6. The van der Waals surface area contributed by atoms with Gasteiger partial charge in [-0.15, -0.1) is 0 Å². The number of nitrogens with two attached hydrogens (primary N) is 1. The maximum absolute atomic E-state index is 11.4. The zero-order chi connectivity index (χ0) is 14.0. The molecule has 0 saturated carbocycles. The molecule has 0 heterocycles. The monoisotopic (exact) mass is 295 g/mol. The van der Waals surface area contributed by atoms with Gasteiger partial charge in [-0.1, -0.05) is 35.3 Å². The molecule has 0 amide bonds. The van der Waals surface area contributed by atoms with Gasteiger partial charge in [0, 0.05) is 21.3 Å². The zero-order valence-electron chi connectivity index (χ0n) is 10.1. The Morgan fingerprint density at radius 2 is 1.89 bits per heavy atom. The van der Waals surface area contributed by atoms with E-state index >= 15 is 0 Å². The third-order valence-electron chi connectivity index (χ3n) is 2.70. The minimum absolute atomic E-state index is 0.330. The van der Waals surface area contributed by atoms with Crippen molar-refractivity contribution in [3.8, 4) is 11.1 Å². The van der Waals surface area contributed by atoms with Gasteiger partial charge in [-0.25, -0.2) is 4.79 Å². The molecule has 0 radical (unpaired) electrons. The van der Waals surface area contributed by atoms with Gasteiger partial charge in [0.25, 0.3) is 0 Å². The second-order valence-corrected chi connectivity index (χ2v) is 4.76. The van der Waals surface area contributed by atoms with Crippen molar-refractivity contribution in [2.24, 2.45) is 0 Å². The molecule has 2 aromatic rings. The molecule has 98 valence electrons. The Labute approximate surface area is 120 Å². The molecule has 2 rings (SSSR count). The van der Waals surface area contributed by atoms with Crippen LogP contribution in [0, 0.1) is 0 Å². The molecule has 2 aromatic carbocycles. The van der Waals surface area contributed by atoms with E-state index in [1.807, 2.05) is 0 Å². The fraction of sp³-hybridized carbons (Fsp3) is 0.0714. The van der Waals surface area contributed by atoms with Crippen molar-refractivity contribution in [3.63, 3.8) is 0 Å². The summed E-state index contributed by atoms with van der Waals surface area (Å²) in [4.78, 5) is 11.4. The molecule has 0 fully saturated rings. The van der Waals surface area contributed by atoms with Gasteiger partial charge in [-0.2, -0.15) is 0 Å². The lowest BCUT2D eigenvalue weighted by molar-refractivity contribution is 0.0602. The first kappa shape index (κ1) is 13.7. The molecule has 2 N–H and O–H groups in total. The highest BCUT2D eigenvalue weighted by atomic mass is 35.5. The Kier molecular flexibility index (Phi) is 3.98. The number of anilines is 1. The van der Waals surface area contributed by atoms with Crippen LogP contribution in [0.25, 0.3) is 11.1 Å². The van der Waals surface area contributed by atoms with Crippen molar-refractivity contribution in [1.29, 1.82) is 0 Å². The lowest BCUT2D eigenvalue weighted by Crippen LogP contribution is -2.05. The standard InChI is InChI=1S/C14H11Cl2NO2/c1-19-14(18)11-4-2-8(6-13(11)17)10-5-3-9(15)7-12(10)16/h2-7H,17H2,1H3. The fourth-order valence-electron chi connectivity index (χ4n) is 1.75. The van der Waals surface area contributed by atoms with E-state index in [4.69, 9.17) is 28.9 Å². The first-order valence-corrected chi connectivity index (χ1v) is 6.22. The minimum Gasteiger partial charge on any atom is -0.465 e. The van der Waals surface area contributed by atoms with Gasteiger partial charge in [0.05, 0.1) is 12.7 Å². The molecule has 19 heavy (non-hydrogen) atoms. The minimum atomic E-state index is -0.466. The lowest BCUT2D eigenvalue weighted by atomic mass is 10.0. The predicted molar refractivity (Wildman–Crippen MR) is 77.6 cm³/mol. The molecule has 0 aliphatic carbocycles. The Hall–Kier alpha value is -1.71. The van der Waals surface area contributed by atoms with E-state index in [1.165, 1.54) is 7.11 Å². The van der Waals surface area contributed by atoms with Gasteiger partial charge in [-0.05, 0) is 29.8 Å². The van der Waals surface area contributed by atoms with Crippen molar-refractivity contribution in [2.75, 3.05) is 12.8 Å². The predicted octanol–water partition coefficient (Wildman–Crippen LogP) is 4.03. The van der Waals surface area contributed by atoms with E-state index in [1.54, 1.807) is 36.4 Å². The summed E-state index contributed by atoms with van der Waals surface area (Å²) < 4.78 is 4.64. The largest absolute Gasteiger partial charge is 0.465 e. The summed E-state index contributed by atoms with van der Waals surface area (Å²) in [6.07, 6.45) is 0. The summed E-state index contributed by atoms with van der Waals surface area (Å²) in [5.41, 5.74) is 8.13. The highest BCUT2D eigenvalue weighted by Gasteiger charge is 2.12. The van der Waals surface area contributed by atoms with Crippen molar-refractivity contribution < 1.29 is 9.53 Å². The van der Waals surface area contributed by atoms with Gasteiger partial charge >= 0.3 is 5.97 Å². The molecule has 0 atom stereocenters. The molecular formula is C14H11Cl2NO2. The first-order chi connectivity index (χ1) is 9.02. The van der Waals surface area contributed by atoms with Crippen molar-refractivity contribution in [3.05, 3.63) is 52.0 Å². The summed E-state index contributed by atoms with van der Waals surface area (Å²) in [6, 6.07) is 10.3. The number of hydrogen-bond acceptors (Lipinski definition) is 3. The van der Waals surface area contributed by atoms with Crippen LogP contribution in [0.5, 0.6) is 0 Å². The Balaban J connectivity index is 2.47. The molecule has 0 aromatic heterocycles. The molecule has 0 saturated heterocycles. The van der Waals surface area contributed by atoms with Crippen LogP contribution in [0.15, 0.2) is 36.4 Å². The summed E-state index contributed by atoms with van der Waals surface area (Å²) >= 11 is 12.0. The van der Waals surface area contributed by atoms with Crippen LogP contribution < -0.4 is 5.73 Å². The fourth-order valence-corrected chi connectivity index (χ4v) is 2.27. The van der Waals surface area contributed by atoms with Crippen molar-refractivity contribution in [1.82, 2.24) is 0 Å². The van der Waals surface area contributed by atoms with Crippen molar-refractivity contribution in [2.45, 2.75) is 0 Å². The van der Waals surface area contributed by atoms with E-state index in [0.717, 1.165) is 11.1 Å². The Bertz CT molecular complexity index is 641. The Morgan fingerprint density at radius 3 is 2.47 bits per heavy atom. The first-order valence-electron chi connectivity index (χ1n) is 5.46. The van der Waals surface area contributed by atoms with Gasteiger partial charge in [0.15, 0.2) is 0 Å². The highest BCUT2D eigenvalue weighted by molar-refractivity contribution is 6.36. The average molecular weight is 296 g/mol. The van der Waals surface area contributed by atoms with Gasteiger partial charge < -0.3 is 10.5 Å². The molecule has 0 spiro atoms. The van der Waals surface area contributed by atoms with E-state index in [0.29, 0.717) is 21.3 Å². The smallest absolute Gasteiger partial charge is 0.339 e. The summed E-state index contributed by atoms with van der Waals surface area (Å²) in [6.45, 7) is 0. The number of methoxy groups -OCH3 is 1. The van der Waals surface area contributed by atoms with Crippen LogP contribution in [0.3, 0.4) is 0 Å². The highest BCUT2D eigenvalue weighted by Crippen LogP contribution is 2.32. The van der Waals surface area contributed by atoms with E-state index in [9.17, 15) is 4.79 Å². The summed E-state index contributed by atoms with van der Waals surface area (Å²) in [5, 5.41) is 1.09.